The number of fused-ring (bicyclic) bond motifs is 1. The number of nitrogens with one attached hydrogen (secondary N) is 1. The quantitative estimate of drug-likeness (QED) is 0.237. The van der Waals surface area contributed by atoms with Gasteiger partial charge in [-0.05, 0) is 68.1 Å². The third-order valence-corrected chi connectivity index (χ3v) is 6.82. The highest BCUT2D eigenvalue weighted by atomic mass is 16.5. The summed E-state index contributed by atoms with van der Waals surface area (Å²) in [6.07, 6.45) is 5.63. The van der Waals surface area contributed by atoms with E-state index in [9.17, 15) is 9.59 Å². The van der Waals surface area contributed by atoms with Crippen molar-refractivity contribution < 1.29 is 28.5 Å². The van der Waals surface area contributed by atoms with Crippen LogP contribution in [0.2, 0.25) is 0 Å². The summed E-state index contributed by atoms with van der Waals surface area (Å²) >= 11 is 0. The number of esters is 1. The molecule has 1 unspecified atom stereocenters. The number of rotatable bonds is 11. The number of amides is 1. The number of carbonyl (C=O) groups is 2. The van der Waals surface area contributed by atoms with E-state index in [-0.39, 0.29) is 18.6 Å². The highest BCUT2D eigenvalue weighted by Crippen LogP contribution is 2.36. The van der Waals surface area contributed by atoms with Crippen molar-refractivity contribution in [3.05, 3.63) is 78.6 Å². The molecule has 0 bridgehead atoms. The summed E-state index contributed by atoms with van der Waals surface area (Å²) in [5.41, 5.74) is 7.82. The van der Waals surface area contributed by atoms with Gasteiger partial charge >= 0.3 is 5.97 Å². The molecular weight excluding hydrogens is 524 g/mol. The lowest BCUT2D eigenvalue weighted by Gasteiger charge is -2.17. The monoisotopic (exact) mass is 556 g/mol. The van der Waals surface area contributed by atoms with E-state index in [0.29, 0.717) is 51.7 Å². The predicted octanol–water partition coefficient (Wildman–Crippen LogP) is 5.27. The number of hydrogen-bond donors (Lipinski definition) is 2. The average molecular weight is 557 g/mol. The van der Waals surface area contributed by atoms with Crippen LogP contribution in [0.15, 0.2) is 73.1 Å². The Kier molecular flexibility index (Phi) is 8.90. The number of ether oxygens (including phenoxy) is 4. The molecule has 10 nitrogen and oxygen atoms in total. The molecule has 5 rings (SSSR count). The fraction of sp³-hybridized carbons (Fsp3) is 0.290. The zero-order chi connectivity index (χ0) is 28.6. The molecule has 41 heavy (non-hydrogen) atoms. The zero-order valence-corrected chi connectivity index (χ0v) is 22.7. The Morgan fingerprint density at radius 1 is 1.00 bits per heavy atom. The van der Waals surface area contributed by atoms with Crippen LogP contribution >= 0.6 is 0 Å². The van der Waals surface area contributed by atoms with Gasteiger partial charge in [0.25, 0.3) is 5.91 Å². The van der Waals surface area contributed by atoms with Crippen molar-refractivity contribution >= 4 is 28.5 Å². The summed E-state index contributed by atoms with van der Waals surface area (Å²) in [6, 6.07) is 18.7. The van der Waals surface area contributed by atoms with Gasteiger partial charge in [-0.3, -0.25) is 9.59 Å². The first kappa shape index (κ1) is 27.9. The number of aromatic nitrogens is 2. The molecule has 1 aliphatic carbocycles. The molecule has 1 heterocycles. The Labute approximate surface area is 237 Å². The van der Waals surface area contributed by atoms with Crippen LogP contribution in [0.25, 0.3) is 10.9 Å². The summed E-state index contributed by atoms with van der Waals surface area (Å²) < 4.78 is 23.0. The van der Waals surface area contributed by atoms with Crippen LogP contribution in [0.3, 0.4) is 0 Å². The van der Waals surface area contributed by atoms with Crippen molar-refractivity contribution in [2.24, 2.45) is 5.73 Å². The van der Waals surface area contributed by atoms with Crippen molar-refractivity contribution in [1.82, 2.24) is 9.97 Å². The third kappa shape index (κ3) is 7.09. The van der Waals surface area contributed by atoms with Gasteiger partial charge in [0, 0.05) is 23.7 Å². The summed E-state index contributed by atoms with van der Waals surface area (Å²) in [6.45, 7) is 0.199. The third-order valence-electron chi connectivity index (χ3n) is 6.82. The second-order valence-corrected chi connectivity index (χ2v) is 9.73. The van der Waals surface area contributed by atoms with E-state index in [1.54, 1.807) is 48.5 Å². The molecule has 1 amide bonds. The van der Waals surface area contributed by atoms with Crippen LogP contribution in [-0.4, -0.2) is 47.7 Å². The topological polar surface area (TPSA) is 135 Å². The Hall–Kier alpha value is -4.70. The van der Waals surface area contributed by atoms with Gasteiger partial charge in [0.05, 0.1) is 24.6 Å². The lowest BCUT2D eigenvalue weighted by molar-refractivity contribution is -0.150. The maximum Gasteiger partial charge on any atom is 0.323 e. The molecule has 0 spiro atoms. The van der Waals surface area contributed by atoms with Gasteiger partial charge in [-0.1, -0.05) is 18.2 Å². The minimum absolute atomic E-state index is 0.0235. The van der Waals surface area contributed by atoms with Crippen molar-refractivity contribution in [1.29, 1.82) is 0 Å². The molecule has 1 aliphatic rings. The van der Waals surface area contributed by atoms with E-state index in [4.69, 9.17) is 24.7 Å². The molecule has 0 aliphatic heterocycles. The molecule has 3 aromatic carbocycles. The average Bonchev–Trinajstić information content (AvgIpc) is 3.51. The first-order chi connectivity index (χ1) is 20.0. The van der Waals surface area contributed by atoms with E-state index in [2.05, 4.69) is 15.3 Å². The molecular formula is C31H32N4O6. The molecule has 1 atom stereocenters. The highest BCUT2D eigenvalue weighted by molar-refractivity contribution is 6.04. The molecule has 0 saturated heterocycles. The fourth-order valence-electron chi connectivity index (χ4n) is 4.58. The number of carbonyl (C=O) groups excluding carboxylic acids is 2. The number of methoxy groups -OCH3 is 1. The second kappa shape index (κ2) is 13.1. The predicted molar refractivity (Wildman–Crippen MR) is 153 cm³/mol. The van der Waals surface area contributed by atoms with Crippen LogP contribution in [-0.2, 0) is 9.53 Å². The van der Waals surface area contributed by atoms with Crippen LogP contribution in [0.5, 0.6) is 23.1 Å². The Balaban J connectivity index is 1.22. The summed E-state index contributed by atoms with van der Waals surface area (Å²) in [4.78, 5) is 33.3. The molecule has 212 valence electrons. The standard InChI is InChI=1S/C31H32N4O6/c1-38-27-17-24-26(18-28(27)39-16-15-25(32)31(37)41-22-9-5-6-10-22)33-19-34-30(24)40-23-13-11-21(12-14-23)35-29(36)20-7-3-2-4-8-20/h2-4,7-8,11-14,17-19,22,25H,5-6,9-10,15-16,32H2,1H3,(H,35,36). The van der Waals surface area contributed by atoms with E-state index >= 15 is 0 Å². The largest absolute Gasteiger partial charge is 0.493 e. The van der Waals surface area contributed by atoms with Crippen molar-refractivity contribution in [2.45, 2.75) is 44.2 Å². The van der Waals surface area contributed by atoms with Gasteiger partial charge in [0.2, 0.25) is 5.88 Å². The normalized spacial score (nSPS) is 13.9. The Morgan fingerprint density at radius 2 is 1.76 bits per heavy atom. The van der Waals surface area contributed by atoms with Crippen LogP contribution in [0.1, 0.15) is 42.5 Å². The summed E-state index contributed by atoms with van der Waals surface area (Å²) in [5.74, 6) is 1.18. The highest BCUT2D eigenvalue weighted by Gasteiger charge is 2.23. The lowest BCUT2D eigenvalue weighted by Crippen LogP contribution is -2.35. The first-order valence-corrected chi connectivity index (χ1v) is 13.6. The van der Waals surface area contributed by atoms with Crippen LogP contribution in [0, 0.1) is 0 Å². The SMILES string of the molecule is COc1cc2c(Oc3ccc(NC(=O)c4ccccc4)cc3)ncnc2cc1OCCC(N)C(=O)OC1CCCC1. The maximum atomic E-state index is 12.4. The zero-order valence-electron chi connectivity index (χ0n) is 22.7. The van der Waals surface area contributed by atoms with Crippen LogP contribution < -0.4 is 25.3 Å². The lowest BCUT2D eigenvalue weighted by atomic mass is 10.2. The van der Waals surface area contributed by atoms with Gasteiger partial charge in [-0.25, -0.2) is 9.97 Å². The van der Waals surface area contributed by atoms with E-state index in [1.165, 1.54) is 13.4 Å². The molecule has 1 fully saturated rings. The molecule has 1 aromatic heterocycles. The van der Waals surface area contributed by atoms with Gasteiger partial charge in [-0.2, -0.15) is 0 Å². The minimum atomic E-state index is -0.762. The second-order valence-electron chi connectivity index (χ2n) is 9.73. The Bertz CT molecular complexity index is 1490. The van der Waals surface area contributed by atoms with Crippen molar-refractivity contribution in [3.8, 4) is 23.1 Å². The number of anilines is 1. The number of hydrogen-bond acceptors (Lipinski definition) is 9. The van der Waals surface area contributed by atoms with Crippen molar-refractivity contribution in [2.75, 3.05) is 19.0 Å². The van der Waals surface area contributed by atoms with Gasteiger partial charge in [0.1, 0.15) is 24.2 Å². The fourth-order valence-corrected chi connectivity index (χ4v) is 4.58. The van der Waals surface area contributed by atoms with Crippen molar-refractivity contribution in [3.63, 3.8) is 0 Å². The Morgan fingerprint density at radius 3 is 2.49 bits per heavy atom. The molecule has 4 aromatic rings. The van der Waals surface area contributed by atoms with E-state index in [1.807, 2.05) is 18.2 Å². The minimum Gasteiger partial charge on any atom is -0.493 e. The van der Waals surface area contributed by atoms with Gasteiger partial charge in [0.15, 0.2) is 11.5 Å². The number of nitrogens with two attached hydrogens (primary N) is 1. The van der Waals surface area contributed by atoms with E-state index in [0.717, 1.165) is 25.7 Å². The first-order valence-electron chi connectivity index (χ1n) is 13.6. The summed E-state index contributed by atoms with van der Waals surface area (Å²) in [5, 5.41) is 3.48. The number of benzene rings is 3. The summed E-state index contributed by atoms with van der Waals surface area (Å²) in [7, 11) is 1.53. The smallest absolute Gasteiger partial charge is 0.323 e. The molecule has 3 N–H and O–H groups in total. The van der Waals surface area contributed by atoms with Gasteiger partial charge < -0.3 is 30.0 Å². The van der Waals surface area contributed by atoms with Crippen LogP contribution in [0.4, 0.5) is 5.69 Å². The van der Waals surface area contributed by atoms with Gasteiger partial charge in [-0.15, -0.1) is 0 Å². The maximum absolute atomic E-state index is 12.4. The molecule has 1 saturated carbocycles. The van der Waals surface area contributed by atoms with E-state index < -0.39 is 12.0 Å². The molecule has 0 radical (unpaired) electrons. The molecule has 10 heteroatoms. The number of nitrogens with zero attached hydrogens (tertiary/aromatic N) is 2.